The highest BCUT2D eigenvalue weighted by Crippen LogP contribution is 2.26. The predicted octanol–water partition coefficient (Wildman–Crippen LogP) is 5.27. The van der Waals surface area contributed by atoms with E-state index in [4.69, 9.17) is 27.9 Å². The van der Waals surface area contributed by atoms with Gasteiger partial charge in [-0.1, -0.05) is 49.2 Å². The van der Waals surface area contributed by atoms with Gasteiger partial charge in [0.05, 0.1) is 19.1 Å². The van der Waals surface area contributed by atoms with Gasteiger partial charge in [-0.3, -0.25) is 13.9 Å². The molecule has 2 atom stereocenters. The second-order valence-electron chi connectivity index (χ2n) is 9.14. The molecule has 2 rings (SSSR count). The van der Waals surface area contributed by atoms with Crippen LogP contribution in [0.5, 0.6) is 5.75 Å². The number of benzene rings is 2. The Morgan fingerprint density at radius 3 is 2.37 bits per heavy atom. The van der Waals surface area contributed by atoms with Gasteiger partial charge in [-0.05, 0) is 56.0 Å². The van der Waals surface area contributed by atoms with Crippen molar-refractivity contribution < 1.29 is 22.7 Å². The lowest BCUT2D eigenvalue weighted by Gasteiger charge is -2.32. The van der Waals surface area contributed by atoms with Gasteiger partial charge in [0.25, 0.3) is 0 Å². The summed E-state index contributed by atoms with van der Waals surface area (Å²) in [5, 5.41) is 3.83. The number of hydrogen-bond donors (Lipinski definition) is 1. The molecule has 210 valence electrons. The van der Waals surface area contributed by atoms with Crippen LogP contribution < -0.4 is 14.4 Å². The molecule has 2 amide bonds. The van der Waals surface area contributed by atoms with Crippen LogP contribution in [0.25, 0.3) is 0 Å². The lowest BCUT2D eigenvalue weighted by atomic mass is 10.1. The van der Waals surface area contributed by atoms with Crippen LogP contribution in [-0.2, 0) is 26.2 Å². The molecule has 0 saturated carbocycles. The number of sulfonamides is 1. The normalized spacial score (nSPS) is 12.9. The number of anilines is 1. The Morgan fingerprint density at radius 1 is 1.08 bits per heavy atom. The summed E-state index contributed by atoms with van der Waals surface area (Å²) in [6, 6.07) is 11.0. The number of nitrogens with zero attached hydrogens (tertiary/aromatic N) is 2. The molecule has 2 aromatic rings. The molecule has 0 heterocycles. The minimum atomic E-state index is -3.61. The van der Waals surface area contributed by atoms with E-state index in [0.29, 0.717) is 33.5 Å². The van der Waals surface area contributed by atoms with Crippen LogP contribution >= 0.6 is 23.2 Å². The highest BCUT2D eigenvalue weighted by atomic mass is 35.5. The summed E-state index contributed by atoms with van der Waals surface area (Å²) >= 11 is 12.4. The first-order valence-electron chi connectivity index (χ1n) is 12.6. The Labute approximate surface area is 236 Å². The lowest BCUT2D eigenvalue weighted by molar-refractivity contribution is -0.141. The molecule has 0 aliphatic rings. The molecule has 0 bridgehead atoms. The quantitative estimate of drug-likeness (QED) is 0.326. The van der Waals surface area contributed by atoms with E-state index in [9.17, 15) is 18.0 Å². The standard InChI is InChI=1S/C27H37Cl2N3O5S/c1-6-19(3)30-27(34)25(7-2)31(18-20-13-14-21(28)16-24(20)29)26(33)12-9-15-32(38(5,35)36)22-10-8-11-23(17-22)37-4/h8,10-11,13-14,16-17,19,25H,6-7,9,12,15,18H2,1-5H3,(H,30,34)/t19-,25-/m0/s1. The van der Waals surface area contributed by atoms with Crippen molar-refractivity contribution in [3.8, 4) is 5.75 Å². The maximum Gasteiger partial charge on any atom is 0.243 e. The van der Waals surface area contributed by atoms with E-state index in [1.807, 2.05) is 20.8 Å². The van der Waals surface area contributed by atoms with E-state index in [0.717, 1.165) is 12.7 Å². The van der Waals surface area contributed by atoms with Gasteiger partial charge >= 0.3 is 0 Å². The number of carbonyl (C=O) groups excluding carboxylic acids is 2. The number of nitrogens with one attached hydrogen (secondary N) is 1. The number of methoxy groups -OCH3 is 1. The van der Waals surface area contributed by atoms with Gasteiger partial charge in [-0.15, -0.1) is 0 Å². The number of rotatable bonds is 14. The third-order valence-corrected chi connectivity index (χ3v) is 8.02. The third-order valence-electron chi connectivity index (χ3n) is 6.24. The lowest BCUT2D eigenvalue weighted by Crippen LogP contribution is -2.50. The molecule has 0 aliphatic heterocycles. The Bertz CT molecular complexity index is 1210. The molecule has 0 saturated heterocycles. The Morgan fingerprint density at radius 2 is 1.79 bits per heavy atom. The maximum atomic E-state index is 13.5. The Balaban J connectivity index is 2.27. The van der Waals surface area contributed by atoms with Gasteiger partial charge in [0.2, 0.25) is 21.8 Å². The second kappa shape index (κ2) is 14.6. The first kappa shape index (κ1) is 31.7. The molecule has 2 aromatic carbocycles. The number of hydrogen-bond acceptors (Lipinski definition) is 5. The van der Waals surface area contributed by atoms with Gasteiger partial charge in [0.15, 0.2) is 0 Å². The van der Waals surface area contributed by atoms with Crippen molar-refractivity contribution in [2.75, 3.05) is 24.2 Å². The van der Waals surface area contributed by atoms with Crippen LogP contribution in [0.4, 0.5) is 5.69 Å². The molecule has 1 N–H and O–H groups in total. The number of ether oxygens (including phenoxy) is 1. The van der Waals surface area contributed by atoms with Gasteiger partial charge in [-0.2, -0.15) is 0 Å². The predicted molar refractivity (Wildman–Crippen MR) is 153 cm³/mol. The summed E-state index contributed by atoms with van der Waals surface area (Å²) in [7, 11) is -2.11. The van der Waals surface area contributed by atoms with Crippen LogP contribution in [0.15, 0.2) is 42.5 Å². The van der Waals surface area contributed by atoms with Crippen LogP contribution in [-0.4, -0.2) is 57.1 Å². The van der Waals surface area contributed by atoms with Gasteiger partial charge in [-0.25, -0.2) is 8.42 Å². The molecule has 0 unspecified atom stereocenters. The molecule has 0 fully saturated rings. The van der Waals surface area contributed by atoms with E-state index in [1.54, 1.807) is 42.5 Å². The molecule has 0 aliphatic carbocycles. The maximum absolute atomic E-state index is 13.5. The summed E-state index contributed by atoms with van der Waals surface area (Å²) < 4.78 is 31.5. The summed E-state index contributed by atoms with van der Waals surface area (Å²) in [4.78, 5) is 28.2. The fourth-order valence-electron chi connectivity index (χ4n) is 3.96. The van der Waals surface area contributed by atoms with Gasteiger partial charge in [0, 0.05) is 41.7 Å². The zero-order valence-electron chi connectivity index (χ0n) is 22.5. The number of carbonyl (C=O) groups is 2. The first-order chi connectivity index (χ1) is 17.9. The first-order valence-corrected chi connectivity index (χ1v) is 15.2. The topological polar surface area (TPSA) is 96.0 Å². The van der Waals surface area contributed by atoms with E-state index < -0.39 is 16.1 Å². The van der Waals surface area contributed by atoms with Gasteiger partial charge in [0.1, 0.15) is 11.8 Å². The van der Waals surface area contributed by atoms with E-state index >= 15 is 0 Å². The summed E-state index contributed by atoms with van der Waals surface area (Å²) in [6.07, 6.45) is 2.56. The van der Waals surface area contributed by atoms with Crippen molar-refractivity contribution in [3.05, 3.63) is 58.1 Å². The van der Waals surface area contributed by atoms with Crippen molar-refractivity contribution in [2.24, 2.45) is 0 Å². The fraction of sp³-hybridized carbons (Fsp3) is 0.481. The van der Waals surface area contributed by atoms with Crippen molar-refractivity contribution in [2.45, 2.75) is 65.1 Å². The average molecular weight is 587 g/mol. The second-order valence-corrected chi connectivity index (χ2v) is 11.9. The van der Waals surface area contributed by atoms with Crippen molar-refractivity contribution in [1.29, 1.82) is 0 Å². The van der Waals surface area contributed by atoms with Crippen molar-refractivity contribution in [3.63, 3.8) is 0 Å². The van der Waals surface area contributed by atoms with Crippen molar-refractivity contribution in [1.82, 2.24) is 10.2 Å². The van der Waals surface area contributed by atoms with Crippen molar-refractivity contribution >= 4 is 50.7 Å². The molecule has 0 aromatic heterocycles. The molecular formula is C27H37Cl2N3O5S. The highest BCUT2D eigenvalue weighted by molar-refractivity contribution is 7.92. The van der Waals surface area contributed by atoms with Crippen LogP contribution in [0.2, 0.25) is 10.0 Å². The SMILES string of the molecule is CC[C@H](C)NC(=O)[C@H](CC)N(Cc1ccc(Cl)cc1Cl)C(=O)CCCN(c1cccc(OC)c1)S(C)(=O)=O. The monoisotopic (exact) mass is 585 g/mol. The third kappa shape index (κ3) is 9.06. The molecular weight excluding hydrogens is 549 g/mol. The molecule has 38 heavy (non-hydrogen) atoms. The number of amides is 2. The summed E-state index contributed by atoms with van der Waals surface area (Å²) in [5.41, 5.74) is 1.11. The van der Waals surface area contributed by atoms with Crippen LogP contribution in [0.3, 0.4) is 0 Å². The zero-order chi connectivity index (χ0) is 28.5. The molecule has 8 nitrogen and oxygen atoms in total. The van der Waals surface area contributed by atoms with Crippen LogP contribution in [0.1, 0.15) is 52.0 Å². The zero-order valence-corrected chi connectivity index (χ0v) is 24.9. The van der Waals surface area contributed by atoms with Crippen LogP contribution in [0, 0.1) is 0 Å². The summed E-state index contributed by atoms with van der Waals surface area (Å²) in [6.45, 7) is 5.93. The molecule has 0 radical (unpaired) electrons. The molecule has 0 spiro atoms. The highest BCUT2D eigenvalue weighted by Gasteiger charge is 2.30. The van der Waals surface area contributed by atoms with E-state index in [1.165, 1.54) is 16.3 Å². The Kier molecular flexibility index (Phi) is 12.2. The smallest absolute Gasteiger partial charge is 0.243 e. The van der Waals surface area contributed by atoms with Gasteiger partial charge < -0.3 is 15.0 Å². The minimum absolute atomic E-state index is 0.0360. The Hall–Kier alpha value is -2.49. The number of halogens is 2. The largest absolute Gasteiger partial charge is 0.497 e. The van der Waals surface area contributed by atoms with E-state index in [-0.39, 0.29) is 43.8 Å². The summed E-state index contributed by atoms with van der Waals surface area (Å²) in [5.74, 6) is 0.00652. The minimum Gasteiger partial charge on any atom is -0.497 e. The fourth-order valence-corrected chi connectivity index (χ4v) is 5.39. The molecule has 11 heteroatoms. The average Bonchev–Trinajstić information content (AvgIpc) is 2.86. The van der Waals surface area contributed by atoms with E-state index in [2.05, 4.69) is 5.32 Å².